The highest BCUT2D eigenvalue weighted by atomic mass is 16.1. The van der Waals surface area contributed by atoms with Gasteiger partial charge in [0, 0.05) is 19.3 Å². The maximum absolute atomic E-state index is 12.2. The van der Waals surface area contributed by atoms with Crippen LogP contribution in [0, 0.1) is 10.8 Å². The van der Waals surface area contributed by atoms with E-state index in [4.69, 9.17) is 0 Å². The van der Waals surface area contributed by atoms with Gasteiger partial charge >= 0.3 is 0 Å². The monoisotopic (exact) mass is 301 g/mol. The van der Waals surface area contributed by atoms with Gasteiger partial charge in [-0.3, -0.25) is 4.79 Å². The van der Waals surface area contributed by atoms with Crippen LogP contribution in [0.2, 0.25) is 0 Å². The predicted molar refractivity (Wildman–Crippen MR) is 93.6 cm³/mol. The van der Waals surface area contributed by atoms with E-state index in [9.17, 15) is 4.79 Å². The SMILES string of the molecule is CC(C)(C)C1=CC(=O)C=C(C(C)(C)C)C1=CN1CCCCC1. The van der Waals surface area contributed by atoms with Crippen LogP contribution in [0.5, 0.6) is 0 Å². The van der Waals surface area contributed by atoms with Crippen LogP contribution in [-0.2, 0) is 4.79 Å². The van der Waals surface area contributed by atoms with Crippen LogP contribution in [0.3, 0.4) is 0 Å². The summed E-state index contributed by atoms with van der Waals surface area (Å²) < 4.78 is 0. The van der Waals surface area contributed by atoms with Gasteiger partial charge in [0.15, 0.2) is 5.78 Å². The molecule has 0 saturated carbocycles. The van der Waals surface area contributed by atoms with E-state index in [1.165, 1.54) is 36.0 Å². The van der Waals surface area contributed by atoms with Gasteiger partial charge in [-0.05, 0) is 59.0 Å². The molecular weight excluding hydrogens is 270 g/mol. The minimum absolute atomic E-state index is 0.0258. The second-order valence-electron chi connectivity index (χ2n) is 8.66. The summed E-state index contributed by atoms with van der Waals surface area (Å²) in [5.41, 5.74) is 3.57. The van der Waals surface area contributed by atoms with Crippen LogP contribution in [-0.4, -0.2) is 23.8 Å². The fourth-order valence-corrected chi connectivity index (χ4v) is 3.24. The van der Waals surface area contributed by atoms with Crippen molar-refractivity contribution in [1.29, 1.82) is 0 Å². The Morgan fingerprint density at radius 2 is 1.32 bits per heavy atom. The van der Waals surface area contributed by atoms with Crippen molar-refractivity contribution in [2.45, 2.75) is 60.8 Å². The van der Waals surface area contributed by atoms with Crippen molar-refractivity contribution < 1.29 is 4.79 Å². The molecule has 0 radical (unpaired) electrons. The van der Waals surface area contributed by atoms with Gasteiger partial charge < -0.3 is 4.90 Å². The molecule has 0 unspecified atom stereocenters. The van der Waals surface area contributed by atoms with Crippen LogP contribution in [0.4, 0.5) is 0 Å². The van der Waals surface area contributed by atoms with Crippen molar-refractivity contribution in [2.24, 2.45) is 10.8 Å². The lowest BCUT2D eigenvalue weighted by Gasteiger charge is -2.36. The third-order valence-electron chi connectivity index (χ3n) is 4.47. The van der Waals surface area contributed by atoms with Crippen molar-refractivity contribution in [3.8, 4) is 0 Å². The second kappa shape index (κ2) is 6.06. The molecule has 2 nitrogen and oxygen atoms in total. The van der Waals surface area contributed by atoms with E-state index in [1.807, 2.05) is 12.2 Å². The number of rotatable bonds is 1. The number of hydrogen-bond donors (Lipinski definition) is 0. The average Bonchev–Trinajstić information content (AvgIpc) is 2.39. The highest BCUT2D eigenvalue weighted by molar-refractivity contribution is 6.03. The first-order chi connectivity index (χ1) is 10.1. The summed E-state index contributed by atoms with van der Waals surface area (Å²) in [5, 5.41) is 0. The van der Waals surface area contributed by atoms with Gasteiger partial charge in [0.25, 0.3) is 0 Å². The fraction of sp³-hybridized carbons (Fsp3) is 0.650. The standard InChI is InChI=1S/C20H31NO/c1-19(2,3)17-12-15(22)13-18(20(4,5)6)16(17)14-21-10-8-7-9-11-21/h12-14H,7-11H2,1-6H3. The lowest BCUT2D eigenvalue weighted by atomic mass is 9.70. The van der Waals surface area contributed by atoms with E-state index < -0.39 is 0 Å². The summed E-state index contributed by atoms with van der Waals surface area (Å²) in [6, 6.07) is 0. The number of allylic oxidation sites excluding steroid dienone is 5. The largest absolute Gasteiger partial charge is 0.377 e. The number of likely N-dealkylation sites (tertiary alicyclic amines) is 1. The van der Waals surface area contributed by atoms with Crippen LogP contribution in [0.1, 0.15) is 60.8 Å². The molecule has 22 heavy (non-hydrogen) atoms. The molecule has 2 aliphatic rings. The van der Waals surface area contributed by atoms with Crippen LogP contribution in [0.15, 0.2) is 35.1 Å². The van der Waals surface area contributed by atoms with E-state index in [-0.39, 0.29) is 16.6 Å². The molecule has 0 aromatic carbocycles. The highest BCUT2D eigenvalue weighted by Crippen LogP contribution is 2.43. The number of hydrogen-bond acceptors (Lipinski definition) is 2. The molecule has 0 aromatic rings. The zero-order valence-corrected chi connectivity index (χ0v) is 15.1. The van der Waals surface area contributed by atoms with Crippen LogP contribution >= 0.6 is 0 Å². The Hall–Kier alpha value is -1.31. The van der Waals surface area contributed by atoms with Crippen molar-refractivity contribution in [3.05, 3.63) is 35.1 Å². The summed E-state index contributed by atoms with van der Waals surface area (Å²) in [6.07, 6.45) is 9.87. The second-order valence-corrected chi connectivity index (χ2v) is 8.66. The summed E-state index contributed by atoms with van der Waals surface area (Å²) in [4.78, 5) is 14.7. The van der Waals surface area contributed by atoms with E-state index >= 15 is 0 Å². The Kier molecular flexibility index (Phi) is 4.70. The highest BCUT2D eigenvalue weighted by Gasteiger charge is 2.32. The maximum atomic E-state index is 12.2. The number of nitrogens with zero attached hydrogens (tertiary/aromatic N) is 1. The molecule has 0 spiro atoms. The Morgan fingerprint density at radius 3 is 1.73 bits per heavy atom. The number of carbonyl (C=O) groups is 1. The Bertz CT molecular complexity index is 493. The number of ketones is 1. The van der Waals surface area contributed by atoms with Gasteiger partial charge in [-0.1, -0.05) is 41.5 Å². The van der Waals surface area contributed by atoms with Gasteiger partial charge in [0.1, 0.15) is 0 Å². The molecule has 1 heterocycles. The van der Waals surface area contributed by atoms with Crippen molar-refractivity contribution in [3.63, 3.8) is 0 Å². The van der Waals surface area contributed by atoms with Crippen molar-refractivity contribution in [1.82, 2.24) is 4.90 Å². The zero-order valence-electron chi connectivity index (χ0n) is 15.1. The molecule has 0 atom stereocenters. The zero-order chi connectivity index (χ0) is 16.5. The molecule has 2 heteroatoms. The van der Waals surface area contributed by atoms with Gasteiger partial charge in [0.2, 0.25) is 0 Å². The first kappa shape index (κ1) is 17.1. The van der Waals surface area contributed by atoms with Gasteiger partial charge in [-0.15, -0.1) is 0 Å². The average molecular weight is 301 g/mol. The van der Waals surface area contributed by atoms with E-state index in [0.29, 0.717) is 0 Å². The first-order valence-corrected chi connectivity index (χ1v) is 8.54. The molecule has 0 N–H and O–H groups in total. The van der Waals surface area contributed by atoms with E-state index in [1.54, 1.807) is 0 Å². The number of piperidine rings is 1. The Labute approximate surface area is 136 Å². The maximum Gasteiger partial charge on any atom is 0.179 e. The minimum Gasteiger partial charge on any atom is -0.377 e. The summed E-state index contributed by atoms with van der Waals surface area (Å²) in [6.45, 7) is 15.4. The fourth-order valence-electron chi connectivity index (χ4n) is 3.24. The first-order valence-electron chi connectivity index (χ1n) is 8.54. The van der Waals surface area contributed by atoms with Crippen molar-refractivity contribution in [2.75, 3.05) is 13.1 Å². The van der Waals surface area contributed by atoms with Crippen LogP contribution in [0.25, 0.3) is 0 Å². The van der Waals surface area contributed by atoms with Crippen LogP contribution < -0.4 is 0 Å². The van der Waals surface area contributed by atoms with Gasteiger partial charge in [0.05, 0.1) is 0 Å². The quantitative estimate of drug-likeness (QED) is 0.687. The number of carbonyl (C=O) groups excluding carboxylic acids is 1. The lowest BCUT2D eigenvalue weighted by molar-refractivity contribution is -0.110. The smallest absolute Gasteiger partial charge is 0.179 e. The molecule has 1 aliphatic heterocycles. The molecule has 122 valence electrons. The van der Waals surface area contributed by atoms with Crippen molar-refractivity contribution >= 4 is 5.78 Å². The molecular formula is C20H31NO. The molecule has 0 aromatic heterocycles. The molecule has 1 saturated heterocycles. The van der Waals surface area contributed by atoms with E-state index in [0.717, 1.165) is 13.1 Å². The minimum atomic E-state index is -0.0258. The Balaban J connectivity index is 2.49. The van der Waals surface area contributed by atoms with Gasteiger partial charge in [-0.2, -0.15) is 0 Å². The lowest BCUT2D eigenvalue weighted by Crippen LogP contribution is -2.29. The summed E-state index contributed by atoms with van der Waals surface area (Å²) in [7, 11) is 0. The summed E-state index contributed by atoms with van der Waals surface area (Å²) in [5.74, 6) is 0.130. The topological polar surface area (TPSA) is 20.3 Å². The molecule has 0 amide bonds. The predicted octanol–water partition coefficient (Wildman–Crippen LogP) is 4.88. The molecule has 1 fully saturated rings. The van der Waals surface area contributed by atoms with E-state index in [2.05, 4.69) is 52.6 Å². The molecule has 1 aliphatic carbocycles. The third-order valence-corrected chi connectivity index (χ3v) is 4.47. The summed E-state index contributed by atoms with van der Waals surface area (Å²) >= 11 is 0. The molecule has 0 bridgehead atoms. The third kappa shape index (κ3) is 3.91. The normalized spacial score (nSPS) is 20.7. The Morgan fingerprint density at radius 1 is 0.864 bits per heavy atom. The molecule has 2 rings (SSSR count). The van der Waals surface area contributed by atoms with Gasteiger partial charge in [-0.25, -0.2) is 0 Å².